The summed E-state index contributed by atoms with van der Waals surface area (Å²) in [6.45, 7) is 4.24. The van der Waals surface area contributed by atoms with E-state index in [1.165, 1.54) is 11.1 Å². The number of rotatable bonds is 2. The van der Waals surface area contributed by atoms with E-state index in [4.69, 9.17) is 5.26 Å². The Hall–Kier alpha value is -2.06. The van der Waals surface area contributed by atoms with Crippen LogP contribution in [0.25, 0.3) is 0 Å². The molecule has 0 aromatic heterocycles. The van der Waals surface area contributed by atoms with Gasteiger partial charge in [-0.2, -0.15) is 5.26 Å². The van der Waals surface area contributed by atoms with Crippen LogP contribution in [0.4, 0.5) is 0 Å². The molecule has 1 heterocycles. The van der Waals surface area contributed by atoms with E-state index in [0.717, 1.165) is 6.54 Å². The molecule has 1 aromatic carbocycles. The van der Waals surface area contributed by atoms with Gasteiger partial charge in [-0.25, -0.2) is 4.99 Å². The minimum Gasteiger partial charge on any atom is -0.343 e. The van der Waals surface area contributed by atoms with E-state index in [9.17, 15) is 0 Å². The third-order valence-electron chi connectivity index (χ3n) is 2.60. The number of hydrogen-bond acceptors (Lipinski definition) is 5. The van der Waals surface area contributed by atoms with Crippen molar-refractivity contribution in [3.63, 3.8) is 0 Å². The second-order valence-corrected chi connectivity index (χ2v) is 4.03. The second kappa shape index (κ2) is 5.32. The number of aryl methyl sites for hydroxylation is 1. The van der Waals surface area contributed by atoms with Gasteiger partial charge in [0.1, 0.15) is 0 Å². The molecule has 1 aliphatic heterocycles. The average molecular weight is 229 g/mol. The summed E-state index contributed by atoms with van der Waals surface area (Å²) in [6.07, 6.45) is 1.85. The third kappa shape index (κ3) is 3.20. The summed E-state index contributed by atoms with van der Waals surface area (Å²) in [4.78, 5) is 6.37. The quantitative estimate of drug-likeness (QED) is 0.580. The highest BCUT2D eigenvalue weighted by Gasteiger charge is 2.11. The third-order valence-corrected chi connectivity index (χ3v) is 2.60. The van der Waals surface area contributed by atoms with Gasteiger partial charge in [0.25, 0.3) is 0 Å². The Kier molecular flexibility index (Phi) is 3.58. The molecule has 0 bridgehead atoms. The van der Waals surface area contributed by atoms with Crippen LogP contribution in [0.15, 0.2) is 29.3 Å². The number of benzene rings is 1. The Morgan fingerprint density at radius 3 is 2.82 bits per heavy atom. The first-order chi connectivity index (χ1) is 8.28. The van der Waals surface area contributed by atoms with E-state index < -0.39 is 0 Å². The number of nitrogens with zero attached hydrogens (tertiary/aromatic N) is 3. The largest absolute Gasteiger partial charge is 0.343 e. The van der Waals surface area contributed by atoms with Gasteiger partial charge in [-0.15, -0.1) is 0 Å². The Labute approximate surface area is 101 Å². The molecule has 88 valence electrons. The maximum Gasteiger partial charge on any atom is 0.207 e. The Balaban J connectivity index is 1.90. The van der Waals surface area contributed by atoms with E-state index in [1.54, 1.807) is 0 Å². The summed E-state index contributed by atoms with van der Waals surface area (Å²) in [6, 6.07) is 8.47. The predicted octanol–water partition coefficient (Wildman–Crippen LogP) is 0.742. The molecule has 0 saturated heterocycles. The lowest BCUT2D eigenvalue weighted by Crippen LogP contribution is -2.47. The van der Waals surface area contributed by atoms with Crippen LogP contribution in [0.2, 0.25) is 0 Å². The van der Waals surface area contributed by atoms with E-state index in [0.29, 0.717) is 19.3 Å². The minimum atomic E-state index is 0.549. The summed E-state index contributed by atoms with van der Waals surface area (Å²) >= 11 is 0. The molecular weight excluding hydrogens is 214 g/mol. The van der Waals surface area contributed by atoms with Gasteiger partial charge in [0.2, 0.25) is 5.96 Å². The van der Waals surface area contributed by atoms with Crippen molar-refractivity contribution in [1.82, 2.24) is 15.5 Å². The van der Waals surface area contributed by atoms with Crippen LogP contribution in [-0.2, 0) is 6.54 Å². The first kappa shape index (κ1) is 11.4. The number of nitrogens with one attached hydrogen (secondary N) is 2. The SMILES string of the molecule is Cc1ccc(CN2CN=C(NC#N)NC2)cc1. The maximum absolute atomic E-state index is 8.45. The molecule has 0 amide bonds. The molecule has 5 heteroatoms. The van der Waals surface area contributed by atoms with Crippen molar-refractivity contribution in [1.29, 1.82) is 5.26 Å². The van der Waals surface area contributed by atoms with E-state index >= 15 is 0 Å². The summed E-state index contributed by atoms with van der Waals surface area (Å²) in [7, 11) is 0. The zero-order chi connectivity index (χ0) is 12.1. The van der Waals surface area contributed by atoms with Crippen LogP contribution < -0.4 is 10.6 Å². The molecule has 0 unspecified atom stereocenters. The maximum atomic E-state index is 8.45. The van der Waals surface area contributed by atoms with Crippen molar-refractivity contribution in [3.8, 4) is 6.19 Å². The topological polar surface area (TPSA) is 63.5 Å². The van der Waals surface area contributed by atoms with Gasteiger partial charge in [-0.1, -0.05) is 29.8 Å². The lowest BCUT2D eigenvalue weighted by molar-refractivity contribution is 0.255. The highest BCUT2D eigenvalue weighted by molar-refractivity contribution is 5.81. The summed E-state index contributed by atoms with van der Waals surface area (Å²) in [5.74, 6) is 0.549. The van der Waals surface area contributed by atoms with Gasteiger partial charge in [0.05, 0.1) is 13.3 Å². The highest BCUT2D eigenvalue weighted by Crippen LogP contribution is 2.07. The molecule has 17 heavy (non-hydrogen) atoms. The first-order valence-electron chi connectivity index (χ1n) is 5.49. The zero-order valence-corrected chi connectivity index (χ0v) is 9.77. The number of aliphatic imine (C=N–C) groups is 1. The van der Waals surface area contributed by atoms with Crippen molar-refractivity contribution < 1.29 is 0 Å². The van der Waals surface area contributed by atoms with Gasteiger partial charge < -0.3 is 5.32 Å². The molecule has 2 rings (SSSR count). The van der Waals surface area contributed by atoms with Crippen molar-refractivity contribution in [2.75, 3.05) is 13.3 Å². The monoisotopic (exact) mass is 229 g/mol. The molecule has 0 saturated carbocycles. The Bertz CT molecular complexity index is 443. The van der Waals surface area contributed by atoms with Gasteiger partial charge in [0, 0.05) is 6.54 Å². The molecule has 5 nitrogen and oxygen atoms in total. The smallest absolute Gasteiger partial charge is 0.207 e. The van der Waals surface area contributed by atoms with Crippen LogP contribution in [0, 0.1) is 18.4 Å². The molecule has 0 radical (unpaired) electrons. The fourth-order valence-electron chi connectivity index (χ4n) is 1.66. The molecule has 0 spiro atoms. The molecule has 2 N–H and O–H groups in total. The van der Waals surface area contributed by atoms with E-state index in [1.807, 2.05) is 6.19 Å². The summed E-state index contributed by atoms with van der Waals surface area (Å²) < 4.78 is 0. The van der Waals surface area contributed by atoms with Crippen molar-refractivity contribution in [3.05, 3.63) is 35.4 Å². The zero-order valence-electron chi connectivity index (χ0n) is 9.77. The fraction of sp³-hybridized carbons (Fsp3) is 0.333. The van der Waals surface area contributed by atoms with Crippen LogP contribution in [0.3, 0.4) is 0 Å². The van der Waals surface area contributed by atoms with Gasteiger partial charge in [0.15, 0.2) is 6.19 Å². The average Bonchev–Trinajstić information content (AvgIpc) is 2.35. The number of hydrogen-bond donors (Lipinski definition) is 2. The molecule has 0 atom stereocenters. The van der Waals surface area contributed by atoms with Crippen molar-refractivity contribution >= 4 is 5.96 Å². The van der Waals surface area contributed by atoms with Gasteiger partial charge in [-0.3, -0.25) is 10.2 Å². The normalized spacial score (nSPS) is 15.6. The van der Waals surface area contributed by atoms with Crippen LogP contribution in [-0.4, -0.2) is 24.2 Å². The fourth-order valence-corrected chi connectivity index (χ4v) is 1.66. The van der Waals surface area contributed by atoms with E-state index in [2.05, 4.69) is 51.7 Å². The van der Waals surface area contributed by atoms with Crippen LogP contribution in [0.5, 0.6) is 0 Å². The Morgan fingerprint density at radius 2 is 2.24 bits per heavy atom. The van der Waals surface area contributed by atoms with Crippen molar-refractivity contribution in [2.24, 2.45) is 4.99 Å². The van der Waals surface area contributed by atoms with Crippen LogP contribution >= 0.6 is 0 Å². The molecule has 1 aromatic rings. The number of guanidine groups is 1. The van der Waals surface area contributed by atoms with Gasteiger partial charge in [-0.05, 0) is 12.5 Å². The van der Waals surface area contributed by atoms with Crippen molar-refractivity contribution in [2.45, 2.75) is 13.5 Å². The molecule has 0 fully saturated rings. The minimum absolute atomic E-state index is 0.549. The lowest BCUT2D eigenvalue weighted by Gasteiger charge is -2.25. The highest BCUT2D eigenvalue weighted by atomic mass is 15.4. The summed E-state index contributed by atoms with van der Waals surface area (Å²) in [5.41, 5.74) is 2.54. The lowest BCUT2D eigenvalue weighted by atomic mass is 10.1. The second-order valence-electron chi connectivity index (χ2n) is 4.03. The summed E-state index contributed by atoms with van der Waals surface area (Å²) in [5, 5.41) is 14.0. The Morgan fingerprint density at radius 1 is 1.47 bits per heavy atom. The van der Waals surface area contributed by atoms with E-state index in [-0.39, 0.29) is 0 Å². The van der Waals surface area contributed by atoms with Crippen LogP contribution in [0.1, 0.15) is 11.1 Å². The number of nitriles is 1. The van der Waals surface area contributed by atoms with Gasteiger partial charge >= 0.3 is 0 Å². The first-order valence-corrected chi connectivity index (χ1v) is 5.49. The predicted molar refractivity (Wildman–Crippen MR) is 65.8 cm³/mol. The molecule has 1 aliphatic rings. The molecular formula is C12H15N5. The standard InChI is InChI=1S/C12H15N5/c1-10-2-4-11(5-3-10)6-17-8-15-12(14-7-13)16-9-17/h2-5H,6,8-9H2,1H3,(H2,14,15,16). The molecule has 0 aliphatic carbocycles.